The van der Waals surface area contributed by atoms with E-state index in [4.69, 9.17) is 13.6 Å². The molecule has 0 saturated heterocycles. The van der Waals surface area contributed by atoms with E-state index in [0.717, 1.165) is 51.4 Å². The third-order valence-corrected chi connectivity index (χ3v) is 5.36. The zero-order chi connectivity index (χ0) is 17.0. The molecule has 0 spiro atoms. The molecule has 0 aliphatic rings. The second-order valence-corrected chi connectivity index (χ2v) is 7.68. The summed E-state index contributed by atoms with van der Waals surface area (Å²) in [6, 6.07) is 0. The Bertz CT molecular complexity index is 285. The summed E-state index contributed by atoms with van der Waals surface area (Å²) in [6.07, 6.45) is 7.45. The monoisotopic (exact) mass is 336 g/mol. The van der Waals surface area contributed by atoms with Gasteiger partial charge in [-0.05, 0) is 39.5 Å². The number of hydrogen-bond donors (Lipinski definition) is 0. The maximum absolute atomic E-state index is 13.0. The van der Waals surface area contributed by atoms with Crippen LogP contribution in [0.25, 0.3) is 0 Å². The molecule has 0 radical (unpaired) electrons. The van der Waals surface area contributed by atoms with Crippen LogP contribution in [0.15, 0.2) is 0 Å². The van der Waals surface area contributed by atoms with Gasteiger partial charge in [-0.25, -0.2) is 4.57 Å². The first kappa shape index (κ1) is 22.1. The molecular weight excluding hydrogens is 299 g/mol. The highest BCUT2D eigenvalue weighted by Crippen LogP contribution is 2.54. The number of rotatable bonds is 14. The molecule has 0 aliphatic carbocycles. The first-order chi connectivity index (χ1) is 10.4. The van der Waals surface area contributed by atoms with E-state index in [1.165, 1.54) is 0 Å². The highest BCUT2D eigenvalue weighted by atomic mass is 31.2. The van der Waals surface area contributed by atoms with Crippen LogP contribution in [0.5, 0.6) is 0 Å². The van der Waals surface area contributed by atoms with Crippen molar-refractivity contribution in [3.05, 3.63) is 0 Å². The van der Waals surface area contributed by atoms with E-state index in [-0.39, 0.29) is 18.3 Å². The highest BCUT2D eigenvalue weighted by molar-refractivity contribution is 7.48. The van der Waals surface area contributed by atoms with E-state index in [2.05, 4.69) is 27.7 Å². The van der Waals surface area contributed by atoms with Crippen LogP contribution in [0.4, 0.5) is 0 Å². The van der Waals surface area contributed by atoms with Gasteiger partial charge in [0.15, 0.2) is 0 Å². The second kappa shape index (κ2) is 12.5. The predicted molar refractivity (Wildman–Crippen MR) is 93.2 cm³/mol. The highest BCUT2D eigenvalue weighted by Gasteiger charge is 2.34. The fraction of sp³-hybridized carbons (Fsp3) is 1.00. The summed E-state index contributed by atoms with van der Waals surface area (Å²) in [7, 11) is -3.50. The van der Waals surface area contributed by atoms with Gasteiger partial charge in [-0.15, -0.1) is 0 Å². The van der Waals surface area contributed by atoms with Crippen molar-refractivity contribution in [2.45, 2.75) is 111 Å². The van der Waals surface area contributed by atoms with Crippen molar-refractivity contribution in [1.82, 2.24) is 0 Å². The Morgan fingerprint density at radius 3 is 1.45 bits per heavy atom. The minimum absolute atomic E-state index is 0.0618. The summed E-state index contributed by atoms with van der Waals surface area (Å²) >= 11 is 0. The maximum atomic E-state index is 13.0. The van der Waals surface area contributed by atoms with Crippen molar-refractivity contribution >= 4 is 7.82 Å². The molecule has 0 bridgehead atoms. The molecule has 5 heteroatoms. The van der Waals surface area contributed by atoms with Crippen molar-refractivity contribution in [1.29, 1.82) is 0 Å². The van der Waals surface area contributed by atoms with E-state index >= 15 is 0 Å². The lowest BCUT2D eigenvalue weighted by molar-refractivity contribution is 0.0309. The van der Waals surface area contributed by atoms with Crippen molar-refractivity contribution in [3.63, 3.8) is 0 Å². The fourth-order valence-electron chi connectivity index (χ4n) is 2.22. The zero-order valence-electron chi connectivity index (χ0n) is 15.5. The smallest absolute Gasteiger partial charge is 0.284 e. The van der Waals surface area contributed by atoms with Gasteiger partial charge >= 0.3 is 7.82 Å². The van der Waals surface area contributed by atoms with Crippen molar-refractivity contribution in [2.24, 2.45) is 0 Å². The molecule has 0 aromatic heterocycles. The summed E-state index contributed by atoms with van der Waals surface area (Å²) < 4.78 is 30.2. The molecule has 0 rings (SSSR count). The van der Waals surface area contributed by atoms with Gasteiger partial charge in [0, 0.05) is 0 Å². The SMILES string of the molecule is CCCCC(CC)OP(=O)(OC(C)C)OC(CC)CCCC. The Morgan fingerprint density at radius 1 is 0.773 bits per heavy atom. The number of hydrogen-bond acceptors (Lipinski definition) is 4. The van der Waals surface area contributed by atoms with Crippen LogP contribution >= 0.6 is 7.82 Å². The van der Waals surface area contributed by atoms with E-state index in [1.807, 2.05) is 13.8 Å². The maximum Gasteiger partial charge on any atom is 0.475 e. The predicted octanol–water partition coefficient (Wildman–Crippen LogP) is 6.49. The van der Waals surface area contributed by atoms with Gasteiger partial charge in [0.1, 0.15) is 0 Å². The lowest BCUT2D eigenvalue weighted by atomic mass is 10.1. The lowest BCUT2D eigenvalue weighted by Crippen LogP contribution is -2.19. The molecular formula is C17H37O4P. The Balaban J connectivity index is 4.83. The summed E-state index contributed by atoms with van der Waals surface area (Å²) in [5, 5.41) is 0. The van der Waals surface area contributed by atoms with Crippen LogP contribution in [0.2, 0.25) is 0 Å². The Hall–Kier alpha value is 0.110. The molecule has 0 aromatic carbocycles. The molecule has 0 fully saturated rings. The van der Waals surface area contributed by atoms with E-state index in [0.29, 0.717) is 0 Å². The molecule has 0 saturated carbocycles. The topological polar surface area (TPSA) is 44.8 Å². The molecule has 0 aliphatic heterocycles. The fourth-order valence-corrected chi connectivity index (χ4v) is 4.13. The minimum Gasteiger partial charge on any atom is -0.284 e. The van der Waals surface area contributed by atoms with Gasteiger partial charge in [-0.2, -0.15) is 0 Å². The number of unbranched alkanes of at least 4 members (excludes halogenated alkanes) is 2. The molecule has 0 heterocycles. The van der Waals surface area contributed by atoms with Crippen molar-refractivity contribution in [3.8, 4) is 0 Å². The zero-order valence-corrected chi connectivity index (χ0v) is 16.4. The molecule has 0 aromatic rings. The standard InChI is InChI=1S/C17H37O4P/c1-7-11-13-16(9-3)20-22(18,19-15(5)6)21-17(10-4)14-12-8-2/h15-17H,7-14H2,1-6H3. The Labute approximate surface area is 137 Å². The molecule has 2 unspecified atom stereocenters. The van der Waals surface area contributed by atoms with Crippen LogP contribution < -0.4 is 0 Å². The van der Waals surface area contributed by atoms with Crippen LogP contribution in [0.3, 0.4) is 0 Å². The third-order valence-electron chi connectivity index (χ3n) is 3.57. The second-order valence-electron chi connectivity index (χ2n) is 6.16. The average Bonchev–Trinajstić information content (AvgIpc) is 2.47. The van der Waals surface area contributed by atoms with Crippen LogP contribution in [0.1, 0.15) is 92.9 Å². The number of phosphoric ester groups is 1. The number of phosphoric acid groups is 1. The van der Waals surface area contributed by atoms with Gasteiger partial charge in [0.05, 0.1) is 18.3 Å². The molecule has 2 atom stereocenters. The first-order valence-electron chi connectivity index (χ1n) is 9.05. The Kier molecular flexibility index (Phi) is 12.6. The largest absolute Gasteiger partial charge is 0.475 e. The molecule has 0 N–H and O–H groups in total. The quantitative estimate of drug-likeness (QED) is 0.340. The van der Waals surface area contributed by atoms with E-state index in [1.54, 1.807) is 0 Å². The van der Waals surface area contributed by atoms with E-state index in [9.17, 15) is 4.57 Å². The molecule has 0 amide bonds. The summed E-state index contributed by atoms with van der Waals surface area (Å²) in [5.74, 6) is 0. The van der Waals surface area contributed by atoms with Crippen LogP contribution in [-0.4, -0.2) is 18.3 Å². The van der Waals surface area contributed by atoms with Crippen LogP contribution in [0, 0.1) is 0 Å². The van der Waals surface area contributed by atoms with Crippen molar-refractivity contribution < 1.29 is 18.1 Å². The summed E-state index contributed by atoms with van der Waals surface area (Å²) in [6.45, 7) is 12.1. The van der Waals surface area contributed by atoms with Crippen LogP contribution in [-0.2, 0) is 18.1 Å². The van der Waals surface area contributed by atoms with Gasteiger partial charge < -0.3 is 0 Å². The first-order valence-corrected chi connectivity index (χ1v) is 10.5. The Morgan fingerprint density at radius 2 is 1.18 bits per heavy atom. The summed E-state index contributed by atoms with van der Waals surface area (Å²) in [5.41, 5.74) is 0. The lowest BCUT2D eigenvalue weighted by Gasteiger charge is -2.28. The normalized spacial score (nSPS) is 17.4. The molecule has 134 valence electrons. The molecule has 4 nitrogen and oxygen atoms in total. The average molecular weight is 336 g/mol. The minimum atomic E-state index is -3.50. The van der Waals surface area contributed by atoms with Crippen molar-refractivity contribution in [2.75, 3.05) is 0 Å². The van der Waals surface area contributed by atoms with Gasteiger partial charge in [0.25, 0.3) is 0 Å². The molecule has 22 heavy (non-hydrogen) atoms. The van der Waals surface area contributed by atoms with Gasteiger partial charge in [-0.1, -0.05) is 53.4 Å². The third kappa shape index (κ3) is 9.99. The van der Waals surface area contributed by atoms with Gasteiger partial charge in [-0.3, -0.25) is 13.6 Å². The van der Waals surface area contributed by atoms with E-state index < -0.39 is 7.82 Å². The summed E-state index contributed by atoms with van der Waals surface area (Å²) in [4.78, 5) is 0. The van der Waals surface area contributed by atoms with Gasteiger partial charge in [0.2, 0.25) is 0 Å².